The summed E-state index contributed by atoms with van der Waals surface area (Å²) in [6.45, 7) is 4.70. The molecule has 2 atom stereocenters. The average Bonchev–Trinajstić information content (AvgIpc) is 2.38. The summed E-state index contributed by atoms with van der Waals surface area (Å²) >= 11 is 0. The van der Waals surface area contributed by atoms with Crippen LogP contribution in [-0.4, -0.2) is 54.7 Å². The number of ether oxygens (including phenoxy) is 1. The van der Waals surface area contributed by atoms with Gasteiger partial charge in [-0.3, -0.25) is 9.59 Å². The first-order valence-corrected chi connectivity index (χ1v) is 6.57. The Balaban J connectivity index is 2.69. The van der Waals surface area contributed by atoms with E-state index < -0.39 is 17.4 Å². The summed E-state index contributed by atoms with van der Waals surface area (Å²) in [5.41, 5.74) is 4.91. The highest BCUT2D eigenvalue weighted by Crippen LogP contribution is 2.34. The van der Waals surface area contributed by atoms with Crippen molar-refractivity contribution in [2.75, 3.05) is 26.8 Å². The molecule has 0 aromatic heterocycles. The smallest absolute Gasteiger partial charge is 0.309 e. The molecule has 1 rings (SSSR count). The van der Waals surface area contributed by atoms with E-state index >= 15 is 0 Å². The molecule has 0 spiro atoms. The highest BCUT2D eigenvalue weighted by molar-refractivity contribution is 5.82. The van der Waals surface area contributed by atoms with E-state index in [-0.39, 0.29) is 18.4 Å². The van der Waals surface area contributed by atoms with Gasteiger partial charge in [0.1, 0.15) is 6.04 Å². The molecule has 0 aliphatic carbocycles. The summed E-state index contributed by atoms with van der Waals surface area (Å²) in [7, 11) is 1.50. The zero-order valence-electron chi connectivity index (χ0n) is 11.9. The maximum absolute atomic E-state index is 12.1. The number of hydrogen-bond acceptors (Lipinski definition) is 4. The summed E-state index contributed by atoms with van der Waals surface area (Å²) in [4.78, 5) is 25.1. The molecule has 110 valence electrons. The van der Waals surface area contributed by atoms with Crippen molar-refractivity contribution in [1.82, 2.24) is 4.90 Å². The zero-order chi connectivity index (χ0) is 14.6. The molecule has 0 bridgehead atoms. The predicted octanol–water partition coefficient (Wildman–Crippen LogP) is 0.310. The van der Waals surface area contributed by atoms with Crippen LogP contribution in [0.5, 0.6) is 0 Å². The van der Waals surface area contributed by atoms with Crippen LogP contribution in [-0.2, 0) is 14.3 Å². The Kier molecular flexibility index (Phi) is 5.31. The second-order valence-electron chi connectivity index (χ2n) is 5.71. The number of carboxylic acids is 1. The third-order valence-corrected chi connectivity index (χ3v) is 3.97. The number of aliphatic carboxylic acids is 1. The number of carboxylic acid groups (broad SMARTS) is 1. The van der Waals surface area contributed by atoms with Gasteiger partial charge in [0.2, 0.25) is 5.91 Å². The number of piperidine rings is 1. The second kappa shape index (κ2) is 6.34. The topological polar surface area (TPSA) is 92.9 Å². The fourth-order valence-electron chi connectivity index (χ4n) is 2.43. The molecule has 3 N–H and O–H groups in total. The van der Waals surface area contributed by atoms with Gasteiger partial charge in [-0.1, -0.05) is 0 Å². The number of rotatable bonds is 5. The summed E-state index contributed by atoms with van der Waals surface area (Å²) in [5, 5.41) is 9.26. The van der Waals surface area contributed by atoms with Gasteiger partial charge < -0.3 is 20.5 Å². The van der Waals surface area contributed by atoms with Gasteiger partial charge in [0.25, 0.3) is 0 Å². The van der Waals surface area contributed by atoms with Crippen LogP contribution in [0.15, 0.2) is 0 Å². The van der Waals surface area contributed by atoms with Gasteiger partial charge in [0.05, 0.1) is 12.0 Å². The minimum Gasteiger partial charge on any atom is -0.481 e. The van der Waals surface area contributed by atoms with E-state index in [2.05, 4.69) is 0 Å². The lowest BCUT2D eigenvalue weighted by Gasteiger charge is -2.40. The molecule has 1 aliphatic rings. The first kappa shape index (κ1) is 15.9. The predicted molar refractivity (Wildman–Crippen MR) is 70.6 cm³/mol. The highest BCUT2D eigenvalue weighted by atomic mass is 16.5. The number of nitrogens with two attached hydrogens (primary N) is 1. The Hall–Kier alpha value is -1.14. The molecule has 19 heavy (non-hydrogen) atoms. The van der Waals surface area contributed by atoms with E-state index in [1.807, 2.05) is 0 Å². The van der Waals surface area contributed by atoms with E-state index in [9.17, 15) is 14.7 Å². The van der Waals surface area contributed by atoms with Crippen molar-refractivity contribution >= 4 is 11.9 Å². The molecule has 2 unspecified atom stereocenters. The number of hydrogen-bond donors (Lipinski definition) is 2. The Labute approximate surface area is 113 Å². The van der Waals surface area contributed by atoms with E-state index in [0.717, 1.165) is 12.8 Å². The third-order valence-electron chi connectivity index (χ3n) is 3.97. The van der Waals surface area contributed by atoms with Crippen LogP contribution in [0.2, 0.25) is 0 Å². The minimum atomic E-state index is -0.829. The van der Waals surface area contributed by atoms with Gasteiger partial charge in [0.15, 0.2) is 0 Å². The lowest BCUT2D eigenvalue weighted by atomic mass is 9.74. The Morgan fingerprint density at radius 1 is 1.53 bits per heavy atom. The van der Waals surface area contributed by atoms with Gasteiger partial charge in [-0.25, -0.2) is 0 Å². The van der Waals surface area contributed by atoms with Gasteiger partial charge in [-0.05, 0) is 32.6 Å². The van der Waals surface area contributed by atoms with Crippen LogP contribution >= 0.6 is 0 Å². The molecule has 0 radical (unpaired) electrons. The Bertz CT molecular complexity index is 344. The minimum absolute atomic E-state index is 0.0440. The molecule has 1 aliphatic heterocycles. The summed E-state index contributed by atoms with van der Waals surface area (Å²) in [5.74, 6) is -1.03. The van der Waals surface area contributed by atoms with Crippen molar-refractivity contribution in [3.63, 3.8) is 0 Å². The SMILES string of the molecule is COCC(N)C(=O)N1CCCC(C(C)(C)C(=O)O)C1. The maximum atomic E-state index is 12.1. The van der Waals surface area contributed by atoms with Crippen molar-refractivity contribution in [2.24, 2.45) is 17.1 Å². The van der Waals surface area contributed by atoms with Gasteiger partial charge in [-0.15, -0.1) is 0 Å². The standard InChI is InChI=1S/C13H24N2O4/c1-13(2,12(17)18)9-5-4-6-15(7-9)11(16)10(14)8-19-3/h9-10H,4-8,14H2,1-3H3,(H,17,18). The molecule has 1 heterocycles. The van der Waals surface area contributed by atoms with Gasteiger partial charge >= 0.3 is 5.97 Å². The molecular weight excluding hydrogens is 248 g/mol. The van der Waals surface area contributed by atoms with Crippen LogP contribution in [0.1, 0.15) is 26.7 Å². The number of nitrogens with zero attached hydrogens (tertiary/aromatic N) is 1. The molecule has 1 fully saturated rings. The largest absolute Gasteiger partial charge is 0.481 e. The molecule has 1 amide bonds. The van der Waals surface area contributed by atoms with Crippen molar-refractivity contribution in [2.45, 2.75) is 32.7 Å². The Morgan fingerprint density at radius 2 is 2.16 bits per heavy atom. The second-order valence-corrected chi connectivity index (χ2v) is 5.71. The van der Waals surface area contributed by atoms with Gasteiger partial charge in [-0.2, -0.15) is 0 Å². The van der Waals surface area contributed by atoms with Crippen molar-refractivity contribution < 1.29 is 19.4 Å². The quantitative estimate of drug-likeness (QED) is 0.751. The first-order chi connectivity index (χ1) is 8.80. The highest BCUT2D eigenvalue weighted by Gasteiger charge is 2.40. The molecule has 6 heteroatoms. The fraction of sp³-hybridized carbons (Fsp3) is 0.846. The Morgan fingerprint density at radius 3 is 2.68 bits per heavy atom. The number of amides is 1. The van der Waals surface area contributed by atoms with Crippen molar-refractivity contribution in [3.8, 4) is 0 Å². The lowest BCUT2D eigenvalue weighted by molar-refractivity contribution is -0.153. The van der Waals surface area contributed by atoms with Crippen LogP contribution in [0, 0.1) is 11.3 Å². The van der Waals surface area contributed by atoms with Crippen molar-refractivity contribution in [1.29, 1.82) is 0 Å². The van der Waals surface area contributed by atoms with E-state index in [1.165, 1.54) is 7.11 Å². The third kappa shape index (κ3) is 3.67. The monoisotopic (exact) mass is 272 g/mol. The number of carbonyl (C=O) groups excluding carboxylic acids is 1. The van der Waals surface area contributed by atoms with E-state index in [1.54, 1.807) is 18.7 Å². The molecule has 6 nitrogen and oxygen atoms in total. The van der Waals surface area contributed by atoms with E-state index in [4.69, 9.17) is 10.5 Å². The molecular formula is C13H24N2O4. The molecule has 0 aromatic carbocycles. The molecule has 0 saturated carbocycles. The zero-order valence-corrected chi connectivity index (χ0v) is 11.9. The molecule has 0 aromatic rings. The lowest BCUT2D eigenvalue weighted by Crippen LogP contribution is -2.52. The number of likely N-dealkylation sites (tertiary alicyclic amines) is 1. The van der Waals surface area contributed by atoms with Gasteiger partial charge in [0, 0.05) is 20.2 Å². The number of carbonyl (C=O) groups is 2. The normalized spacial score (nSPS) is 22.1. The average molecular weight is 272 g/mol. The van der Waals surface area contributed by atoms with Crippen molar-refractivity contribution in [3.05, 3.63) is 0 Å². The fourth-order valence-corrected chi connectivity index (χ4v) is 2.43. The summed E-state index contributed by atoms with van der Waals surface area (Å²) in [6.07, 6.45) is 1.63. The van der Waals surface area contributed by atoms with Crippen LogP contribution in [0.4, 0.5) is 0 Å². The number of methoxy groups -OCH3 is 1. The van der Waals surface area contributed by atoms with Crippen LogP contribution in [0.3, 0.4) is 0 Å². The van der Waals surface area contributed by atoms with Crippen LogP contribution < -0.4 is 5.73 Å². The summed E-state index contributed by atoms with van der Waals surface area (Å²) < 4.78 is 4.88. The summed E-state index contributed by atoms with van der Waals surface area (Å²) in [6, 6.07) is -0.670. The maximum Gasteiger partial charge on any atom is 0.309 e. The molecule has 1 saturated heterocycles. The van der Waals surface area contributed by atoms with Crippen LogP contribution in [0.25, 0.3) is 0 Å². The first-order valence-electron chi connectivity index (χ1n) is 6.57. The van der Waals surface area contributed by atoms with E-state index in [0.29, 0.717) is 13.1 Å².